The van der Waals surface area contributed by atoms with Crippen molar-refractivity contribution in [3.8, 4) is 0 Å². The number of sulfonamides is 1. The summed E-state index contributed by atoms with van der Waals surface area (Å²) < 4.78 is 43.3. The number of halogens is 2. The summed E-state index contributed by atoms with van der Waals surface area (Å²) in [6.45, 7) is 3.34. The highest BCUT2D eigenvalue weighted by atomic mass is 35.5. The van der Waals surface area contributed by atoms with Gasteiger partial charge in [-0.1, -0.05) is 29.8 Å². The van der Waals surface area contributed by atoms with Gasteiger partial charge in [0.2, 0.25) is 5.03 Å². The van der Waals surface area contributed by atoms with Gasteiger partial charge in [-0.05, 0) is 36.8 Å². The zero-order chi connectivity index (χ0) is 23.8. The zero-order valence-corrected chi connectivity index (χ0v) is 19.7. The fourth-order valence-corrected chi connectivity index (χ4v) is 5.49. The first-order valence-corrected chi connectivity index (χ1v) is 12.1. The van der Waals surface area contributed by atoms with Gasteiger partial charge in [0.15, 0.2) is 0 Å². The van der Waals surface area contributed by atoms with Crippen molar-refractivity contribution in [1.29, 1.82) is 0 Å². The Morgan fingerprint density at radius 2 is 1.82 bits per heavy atom. The molecule has 2 aromatic carbocycles. The number of anilines is 2. The Morgan fingerprint density at radius 3 is 2.52 bits per heavy atom. The van der Waals surface area contributed by atoms with E-state index in [-0.39, 0.29) is 29.4 Å². The third-order valence-electron chi connectivity index (χ3n) is 5.50. The number of hydrogen-bond donors (Lipinski definition) is 1. The largest absolute Gasteiger partial charge is 0.369 e. The number of carbonyl (C=O) groups is 1. The van der Waals surface area contributed by atoms with Crippen molar-refractivity contribution in [2.45, 2.75) is 11.9 Å². The summed E-state index contributed by atoms with van der Waals surface area (Å²) in [5, 5.41) is 6.73. The molecule has 1 aliphatic rings. The van der Waals surface area contributed by atoms with Crippen LogP contribution in [0.2, 0.25) is 5.02 Å². The van der Waals surface area contributed by atoms with Crippen LogP contribution in [0.25, 0.3) is 0 Å². The second-order valence-corrected chi connectivity index (χ2v) is 10.1. The molecule has 174 valence electrons. The van der Waals surface area contributed by atoms with Gasteiger partial charge in [0.25, 0.3) is 15.9 Å². The Morgan fingerprint density at radius 1 is 1.12 bits per heavy atom. The van der Waals surface area contributed by atoms with Gasteiger partial charge in [-0.2, -0.15) is 9.40 Å². The molecule has 11 heteroatoms. The van der Waals surface area contributed by atoms with E-state index in [1.165, 1.54) is 40.4 Å². The Kier molecular flexibility index (Phi) is 6.42. The van der Waals surface area contributed by atoms with Crippen LogP contribution in [0.3, 0.4) is 0 Å². The maximum Gasteiger partial charge on any atom is 0.263 e. The van der Waals surface area contributed by atoms with E-state index >= 15 is 0 Å². The van der Waals surface area contributed by atoms with E-state index in [1.54, 1.807) is 6.07 Å². The molecule has 0 bridgehead atoms. The molecule has 1 saturated heterocycles. The molecule has 1 aromatic heterocycles. The van der Waals surface area contributed by atoms with Crippen LogP contribution in [0.5, 0.6) is 0 Å². The van der Waals surface area contributed by atoms with Crippen molar-refractivity contribution in [2.75, 3.05) is 36.4 Å². The maximum atomic E-state index is 14.0. The fraction of sp³-hybridized carbons (Fsp3) is 0.273. The molecular formula is C22H23ClFN5O3S. The van der Waals surface area contributed by atoms with Gasteiger partial charge in [-0.25, -0.2) is 12.8 Å². The van der Waals surface area contributed by atoms with Crippen LogP contribution in [0.15, 0.2) is 53.7 Å². The van der Waals surface area contributed by atoms with E-state index in [2.05, 4.69) is 15.3 Å². The molecule has 33 heavy (non-hydrogen) atoms. The van der Waals surface area contributed by atoms with Crippen molar-refractivity contribution in [2.24, 2.45) is 7.05 Å². The number of piperazine rings is 1. The molecule has 8 nitrogen and oxygen atoms in total. The fourth-order valence-electron chi connectivity index (χ4n) is 3.78. The predicted octanol–water partition coefficient (Wildman–Crippen LogP) is 3.28. The minimum Gasteiger partial charge on any atom is -0.369 e. The Bertz CT molecular complexity index is 1300. The Hall–Kier alpha value is -2.95. The van der Waals surface area contributed by atoms with Gasteiger partial charge in [-0.3, -0.25) is 9.48 Å². The highest BCUT2D eigenvalue weighted by Crippen LogP contribution is 2.27. The summed E-state index contributed by atoms with van der Waals surface area (Å²) in [7, 11) is -2.52. The molecule has 1 amide bonds. The number of carbonyl (C=O) groups excluding carboxylic acids is 1. The van der Waals surface area contributed by atoms with E-state index in [1.807, 2.05) is 25.1 Å². The average Bonchev–Trinajstić information content (AvgIpc) is 3.20. The number of para-hydroxylation sites is 1. The molecule has 0 saturated carbocycles. The number of rotatable bonds is 5. The number of nitrogens with one attached hydrogen (secondary N) is 1. The number of hydrogen-bond acceptors (Lipinski definition) is 5. The topological polar surface area (TPSA) is 87.5 Å². The summed E-state index contributed by atoms with van der Waals surface area (Å²) >= 11 is 6.13. The smallest absolute Gasteiger partial charge is 0.263 e. The number of aryl methyl sites for hydroxylation is 2. The van der Waals surface area contributed by atoms with Gasteiger partial charge in [-0.15, -0.1) is 0 Å². The molecule has 1 N–H and O–H groups in total. The third kappa shape index (κ3) is 4.73. The minimum atomic E-state index is -4.05. The van der Waals surface area contributed by atoms with Crippen LogP contribution in [0.4, 0.5) is 15.8 Å². The van der Waals surface area contributed by atoms with Crippen molar-refractivity contribution >= 4 is 38.9 Å². The highest BCUT2D eigenvalue weighted by Gasteiger charge is 2.35. The molecular weight excluding hydrogens is 469 g/mol. The molecule has 0 unspecified atom stereocenters. The standard InChI is InChI=1S/C22H23ClFN5O3S/c1-15-7-8-16(23)13-20(15)28-9-11-29(12-10-28)33(31,32)22-17(14-27(2)26-22)21(30)25-19-6-4-3-5-18(19)24/h3-8,13-14H,9-12H2,1-2H3,(H,25,30). The normalized spacial score (nSPS) is 15.0. The lowest BCUT2D eigenvalue weighted by molar-refractivity contribution is 0.102. The van der Waals surface area contributed by atoms with Crippen LogP contribution < -0.4 is 10.2 Å². The van der Waals surface area contributed by atoms with Gasteiger partial charge in [0, 0.05) is 50.1 Å². The monoisotopic (exact) mass is 491 g/mol. The van der Waals surface area contributed by atoms with Gasteiger partial charge in [0.05, 0.1) is 11.3 Å². The molecule has 1 fully saturated rings. The lowest BCUT2D eigenvalue weighted by Crippen LogP contribution is -2.49. The molecule has 0 aliphatic carbocycles. The number of benzene rings is 2. The van der Waals surface area contributed by atoms with Crippen LogP contribution in [-0.2, 0) is 17.1 Å². The quantitative estimate of drug-likeness (QED) is 0.591. The summed E-state index contributed by atoms with van der Waals surface area (Å²) in [5.41, 5.74) is 1.82. The van der Waals surface area contributed by atoms with Crippen molar-refractivity contribution < 1.29 is 17.6 Å². The molecule has 4 rings (SSSR count). The number of nitrogens with zero attached hydrogens (tertiary/aromatic N) is 4. The lowest BCUT2D eigenvalue weighted by atomic mass is 10.1. The van der Waals surface area contributed by atoms with Crippen molar-refractivity contribution in [3.05, 3.63) is 70.6 Å². The van der Waals surface area contributed by atoms with E-state index in [0.29, 0.717) is 18.1 Å². The molecule has 0 atom stereocenters. The number of aromatic nitrogens is 2. The van der Waals surface area contributed by atoms with Crippen molar-refractivity contribution in [1.82, 2.24) is 14.1 Å². The molecule has 1 aliphatic heterocycles. The van der Waals surface area contributed by atoms with E-state index in [4.69, 9.17) is 11.6 Å². The summed E-state index contributed by atoms with van der Waals surface area (Å²) in [4.78, 5) is 14.9. The van der Waals surface area contributed by atoms with Gasteiger partial charge >= 0.3 is 0 Å². The van der Waals surface area contributed by atoms with Crippen LogP contribution in [0.1, 0.15) is 15.9 Å². The van der Waals surface area contributed by atoms with Gasteiger partial charge in [0.1, 0.15) is 5.82 Å². The summed E-state index contributed by atoms with van der Waals surface area (Å²) in [6.07, 6.45) is 1.31. The van der Waals surface area contributed by atoms with Crippen molar-refractivity contribution in [3.63, 3.8) is 0 Å². The lowest BCUT2D eigenvalue weighted by Gasteiger charge is -2.35. The Labute approximate surface area is 196 Å². The molecule has 0 radical (unpaired) electrons. The first kappa shape index (κ1) is 23.2. The van der Waals surface area contributed by atoms with Crippen LogP contribution >= 0.6 is 11.6 Å². The average molecular weight is 492 g/mol. The molecule has 0 spiro atoms. The first-order valence-electron chi connectivity index (χ1n) is 10.3. The Balaban J connectivity index is 1.54. The summed E-state index contributed by atoms with van der Waals surface area (Å²) in [5.74, 6) is -1.37. The second kappa shape index (κ2) is 9.12. The van der Waals surface area contributed by atoms with Crippen LogP contribution in [-0.4, -0.2) is 54.6 Å². The zero-order valence-electron chi connectivity index (χ0n) is 18.1. The van der Waals surface area contributed by atoms with E-state index in [9.17, 15) is 17.6 Å². The minimum absolute atomic E-state index is 0.0415. The third-order valence-corrected chi connectivity index (χ3v) is 7.57. The predicted molar refractivity (Wildman–Crippen MR) is 125 cm³/mol. The SMILES string of the molecule is Cc1ccc(Cl)cc1N1CCN(S(=O)(=O)c2nn(C)cc2C(=O)Nc2ccccc2F)CC1. The van der Waals surface area contributed by atoms with E-state index < -0.39 is 21.7 Å². The van der Waals surface area contributed by atoms with Gasteiger partial charge < -0.3 is 10.2 Å². The highest BCUT2D eigenvalue weighted by molar-refractivity contribution is 7.89. The molecule has 3 aromatic rings. The first-order chi connectivity index (χ1) is 15.7. The molecule has 2 heterocycles. The summed E-state index contributed by atoms with van der Waals surface area (Å²) in [6, 6.07) is 11.3. The number of amides is 1. The second-order valence-electron chi connectivity index (χ2n) is 7.78. The van der Waals surface area contributed by atoms with E-state index in [0.717, 1.165) is 11.3 Å². The van der Waals surface area contributed by atoms with Crippen LogP contribution in [0, 0.1) is 12.7 Å². The maximum absolute atomic E-state index is 14.0.